The lowest BCUT2D eigenvalue weighted by Crippen LogP contribution is -2.74. The number of aromatic nitrogens is 5. The summed E-state index contributed by atoms with van der Waals surface area (Å²) in [6.07, 6.45) is 0.538. The van der Waals surface area contributed by atoms with Crippen LogP contribution in [0.5, 0.6) is 0 Å². The van der Waals surface area contributed by atoms with Crippen LogP contribution in [0.15, 0.2) is 43.0 Å². The van der Waals surface area contributed by atoms with E-state index in [1.807, 2.05) is 0 Å². The second-order valence-electron chi connectivity index (χ2n) is 10.3. The lowest BCUT2D eigenvalue weighted by Gasteiger charge is -2.60. The number of nitriles is 1. The van der Waals surface area contributed by atoms with Gasteiger partial charge in [-0.1, -0.05) is 11.6 Å². The van der Waals surface area contributed by atoms with Crippen molar-refractivity contribution >= 4 is 40.6 Å². The molecule has 2 amide bonds. The molecule has 2 fully saturated rings. The molecule has 2 saturated heterocycles. The summed E-state index contributed by atoms with van der Waals surface area (Å²) in [6, 6.07) is 6.56. The Bertz CT molecular complexity index is 1760. The molecular weight excluding hydrogens is 577 g/mol. The summed E-state index contributed by atoms with van der Waals surface area (Å²) < 4.78 is 43.5. The fourth-order valence-electron chi connectivity index (χ4n) is 5.43. The fraction of sp³-hybridized carbons (Fsp3) is 0.308. The number of hydrogen-bond donors (Lipinski definition) is 2. The molecule has 3 aromatic heterocycles. The van der Waals surface area contributed by atoms with E-state index in [0.717, 1.165) is 10.9 Å². The molecule has 0 aliphatic carbocycles. The topological polar surface area (TPSA) is 150 Å². The Morgan fingerprint density at radius 1 is 1.17 bits per heavy atom. The molecule has 42 heavy (non-hydrogen) atoms. The summed E-state index contributed by atoms with van der Waals surface area (Å²) in [5, 5.41) is 15.7. The number of likely N-dealkylation sites (tertiary alicyclic amines) is 2. The average molecular weight is 599 g/mol. The molecule has 0 bridgehead atoms. The average Bonchev–Trinajstić information content (AvgIpc) is 3.52. The number of carbonyl (C=O) groups is 2. The smallest absolute Gasteiger partial charge is 0.340 e. The van der Waals surface area contributed by atoms with E-state index in [2.05, 4.69) is 20.4 Å². The predicted octanol–water partition coefficient (Wildman–Crippen LogP) is 2.78. The van der Waals surface area contributed by atoms with E-state index in [4.69, 9.17) is 22.6 Å². The van der Waals surface area contributed by atoms with Gasteiger partial charge in [-0.15, -0.1) is 0 Å². The summed E-state index contributed by atoms with van der Waals surface area (Å²) in [4.78, 5) is 36.7. The molecule has 0 saturated carbocycles. The molecule has 6 rings (SSSR count). The maximum atomic E-state index is 13.7. The van der Waals surface area contributed by atoms with Crippen molar-refractivity contribution in [3.63, 3.8) is 0 Å². The zero-order valence-corrected chi connectivity index (χ0v) is 22.5. The normalized spacial score (nSPS) is 15.8. The van der Waals surface area contributed by atoms with E-state index in [1.54, 1.807) is 34.1 Å². The monoisotopic (exact) mass is 598 g/mol. The van der Waals surface area contributed by atoms with Crippen LogP contribution in [0.25, 0.3) is 16.9 Å². The molecule has 0 unspecified atom stereocenters. The van der Waals surface area contributed by atoms with Crippen LogP contribution in [0, 0.1) is 16.7 Å². The van der Waals surface area contributed by atoms with Crippen molar-refractivity contribution < 1.29 is 22.8 Å². The van der Waals surface area contributed by atoms with E-state index in [1.165, 1.54) is 23.0 Å². The first-order valence-electron chi connectivity index (χ1n) is 12.7. The number of imidazole rings is 1. The van der Waals surface area contributed by atoms with Gasteiger partial charge in [0.1, 0.15) is 6.54 Å². The Morgan fingerprint density at radius 3 is 2.57 bits per heavy atom. The SMILES string of the molecule is N#CCn1cc(-c2cnc3c(Nc4ccc(C(=O)N5CC6(CN(C(=O)CN)C6)C5)c(Cl)c4)nccn23)c(C(F)(F)F)n1. The highest BCUT2D eigenvalue weighted by Gasteiger charge is 2.54. The van der Waals surface area contributed by atoms with Gasteiger partial charge in [-0.2, -0.15) is 23.5 Å². The van der Waals surface area contributed by atoms with Crippen molar-refractivity contribution in [3.05, 3.63) is 59.3 Å². The molecule has 3 N–H and O–H groups in total. The summed E-state index contributed by atoms with van der Waals surface area (Å²) in [7, 11) is 0. The number of benzene rings is 1. The van der Waals surface area contributed by atoms with Gasteiger partial charge in [0.05, 0.1) is 40.7 Å². The van der Waals surface area contributed by atoms with Gasteiger partial charge < -0.3 is 20.9 Å². The second kappa shape index (κ2) is 10.00. The van der Waals surface area contributed by atoms with Crippen LogP contribution in [0.3, 0.4) is 0 Å². The fourth-order valence-corrected chi connectivity index (χ4v) is 5.69. The van der Waals surface area contributed by atoms with Gasteiger partial charge in [-0.25, -0.2) is 9.97 Å². The minimum absolute atomic E-state index is 0.0333. The van der Waals surface area contributed by atoms with Gasteiger partial charge in [0.15, 0.2) is 17.2 Å². The molecule has 0 radical (unpaired) electrons. The van der Waals surface area contributed by atoms with Crippen molar-refractivity contribution in [1.29, 1.82) is 5.26 Å². The van der Waals surface area contributed by atoms with Crippen molar-refractivity contribution in [3.8, 4) is 17.3 Å². The quantitative estimate of drug-likeness (QED) is 0.344. The molecule has 4 aromatic rings. The van der Waals surface area contributed by atoms with E-state index in [-0.39, 0.29) is 58.1 Å². The van der Waals surface area contributed by atoms with Crippen LogP contribution >= 0.6 is 11.6 Å². The van der Waals surface area contributed by atoms with Crippen molar-refractivity contribution in [1.82, 2.24) is 33.9 Å². The maximum absolute atomic E-state index is 13.7. The Balaban J connectivity index is 1.20. The number of anilines is 2. The number of rotatable bonds is 6. The van der Waals surface area contributed by atoms with E-state index < -0.39 is 11.9 Å². The molecule has 12 nitrogen and oxygen atoms in total. The van der Waals surface area contributed by atoms with Gasteiger partial charge in [-0.3, -0.25) is 18.7 Å². The minimum Gasteiger partial charge on any atom is -0.340 e. The van der Waals surface area contributed by atoms with Crippen molar-refractivity contribution in [2.45, 2.75) is 12.7 Å². The number of halogens is 4. The predicted molar refractivity (Wildman–Crippen MR) is 144 cm³/mol. The molecule has 1 spiro atoms. The summed E-state index contributed by atoms with van der Waals surface area (Å²) >= 11 is 6.47. The number of amides is 2. The lowest BCUT2D eigenvalue weighted by atomic mass is 9.72. The van der Waals surface area contributed by atoms with Crippen molar-refractivity contribution in [2.75, 3.05) is 38.0 Å². The molecule has 5 heterocycles. The highest BCUT2D eigenvalue weighted by atomic mass is 35.5. The van der Waals surface area contributed by atoms with Crippen LogP contribution in [-0.2, 0) is 17.5 Å². The molecule has 2 aliphatic rings. The third-order valence-corrected chi connectivity index (χ3v) is 7.66. The molecule has 16 heteroatoms. The first-order chi connectivity index (χ1) is 20.0. The lowest BCUT2D eigenvalue weighted by molar-refractivity contribution is -0.153. The van der Waals surface area contributed by atoms with Crippen LogP contribution in [0.1, 0.15) is 16.1 Å². The van der Waals surface area contributed by atoms with Crippen LogP contribution in [-0.4, -0.2) is 78.5 Å². The largest absolute Gasteiger partial charge is 0.435 e. The summed E-state index contributed by atoms with van der Waals surface area (Å²) in [5.74, 6) is -0.0921. The number of nitrogens with one attached hydrogen (secondary N) is 1. The van der Waals surface area contributed by atoms with E-state index in [0.29, 0.717) is 37.4 Å². The Kier molecular flexibility index (Phi) is 6.54. The number of fused-ring (bicyclic) bond motifs is 1. The van der Waals surface area contributed by atoms with Gasteiger partial charge in [0, 0.05) is 55.9 Å². The number of carbonyl (C=O) groups excluding carboxylic acids is 2. The Hall–Kier alpha value is -4.68. The van der Waals surface area contributed by atoms with E-state index >= 15 is 0 Å². The van der Waals surface area contributed by atoms with Gasteiger partial charge in [-0.05, 0) is 18.2 Å². The third-order valence-electron chi connectivity index (χ3n) is 7.35. The standard InChI is InChI=1S/C26H22ClF3N10O2/c27-18-7-15(1-2-16(18)24(42)38-13-25(14-38)11-37(12-25)20(41)8-32)35-22-23-34-9-19(40(23)6-4-33-22)17-10-39(5-3-31)36-21(17)26(28,29)30/h1-2,4,6-7,9-10H,5,8,11-14,32H2,(H,33,35). The Morgan fingerprint density at radius 2 is 1.90 bits per heavy atom. The first kappa shape index (κ1) is 27.5. The van der Waals surface area contributed by atoms with Gasteiger partial charge in [0.2, 0.25) is 5.91 Å². The van der Waals surface area contributed by atoms with Crippen LogP contribution in [0.4, 0.5) is 24.7 Å². The van der Waals surface area contributed by atoms with E-state index in [9.17, 15) is 22.8 Å². The number of nitrogens with zero attached hydrogens (tertiary/aromatic N) is 8. The maximum Gasteiger partial charge on any atom is 0.435 e. The van der Waals surface area contributed by atoms with Crippen LogP contribution < -0.4 is 11.1 Å². The van der Waals surface area contributed by atoms with Gasteiger partial charge in [0.25, 0.3) is 5.91 Å². The highest BCUT2D eigenvalue weighted by molar-refractivity contribution is 6.34. The summed E-state index contributed by atoms with van der Waals surface area (Å²) in [6.45, 7) is 1.83. The second-order valence-corrected chi connectivity index (χ2v) is 10.7. The number of hydrogen-bond acceptors (Lipinski definition) is 8. The summed E-state index contributed by atoms with van der Waals surface area (Å²) in [5.41, 5.74) is 5.09. The Labute approximate surface area is 241 Å². The van der Waals surface area contributed by atoms with Crippen molar-refractivity contribution in [2.24, 2.45) is 11.1 Å². The third kappa shape index (κ3) is 4.68. The zero-order valence-electron chi connectivity index (χ0n) is 21.8. The molecular formula is C26H22ClF3N10O2. The number of alkyl halides is 3. The number of nitrogens with two attached hydrogens (primary N) is 1. The zero-order chi connectivity index (χ0) is 29.8. The van der Waals surface area contributed by atoms with Gasteiger partial charge >= 0.3 is 6.18 Å². The molecule has 216 valence electrons. The highest BCUT2D eigenvalue weighted by Crippen LogP contribution is 2.41. The molecule has 0 atom stereocenters. The first-order valence-corrected chi connectivity index (χ1v) is 13.1. The van der Waals surface area contributed by atoms with Crippen LogP contribution in [0.2, 0.25) is 5.02 Å². The molecule has 2 aliphatic heterocycles. The molecule has 1 aromatic carbocycles. The minimum atomic E-state index is -4.75.